The zero-order valence-electron chi connectivity index (χ0n) is 15.7. The van der Waals surface area contributed by atoms with Crippen LogP contribution in [0.5, 0.6) is 5.75 Å². The van der Waals surface area contributed by atoms with Gasteiger partial charge in [-0.3, -0.25) is 14.9 Å². The lowest BCUT2D eigenvalue weighted by atomic mass is 9.82. The van der Waals surface area contributed by atoms with E-state index in [9.17, 15) is 9.59 Å². The number of Topliss-reactive ketones (excluding diaryl/α,β-unsaturated/α-hetero) is 1. The van der Waals surface area contributed by atoms with E-state index in [0.717, 1.165) is 5.56 Å². The molecule has 1 heterocycles. The van der Waals surface area contributed by atoms with Crippen LogP contribution in [0.1, 0.15) is 44.3 Å². The lowest BCUT2D eigenvalue weighted by Crippen LogP contribution is -2.22. The largest absolute Gasteiger partial charge is 0.497 e. The van der Waals surface area contributed by atoms with E-state index in [2.05, 4.69) is 15.3 Å². The van der Waals surface area contributed by atoms with Gasteiger partial charge in [0.2, 0.25) is 5.95 Å². The van der Waals surface area contributed by atoms with Gasteiger partial charge in [-0.25, -0.2) is 9.97 Å². The number of nitrogens with one attached hydrogen (secondary N) is 1. The molecule has 0 bridgehead atoms. The number of hydrogen-bond acceptors (Lipinski definition) is 5. The zero-order valence-corrected chi connectivity index (χ0v) is 16.4. The first-order chi connectivity index (χ1) is 14.0. The number of rotatable bonds is 4. The van der Waals surface area contributed by atoms with Crippen LogP contribution in [0, 0.1) is 0 Å². The minimum atomic E-state index is -0.347. The molecule has 7 heteroatoms. The maximum absolute atomic E-state index is 12.6. The van der Waals surface area contributed by atoms with E-state index in [1.165, 1.54) is 13.3 Å². The van der Waals surface area contributed by atoms with Crippen LogP contribution in [0.3, 0.4) is 0 Å². The van der Waals surface area contributed by atoms with Gasteiger partial charge in [0.1, 0.15) is 5.75 Å². The Bertz CT molecular complexity index is 1080. The number of aromatic nitrogens is 2. The summed E-state index contributed by atoms with van der Waals surface area (Å²) in [5.41, 5.74) is 2.61. The van der Waals surface area contributed by atoms with Crippen LogP contribution < -0.4 is 10.1 Å². The van der Waals surface area contributed by atoms with Crippen LogP contribution in [-0.2, 0) is 6.42 Å². The number of ether oxygens (including phenoxy) is 1. The number of hydrogen-bond donors (Lipinski definition) is 1. The van der Waals surface area contributed by atoms with Crippen molar-refractivity contribution >= 4 is 29.2 Å². The van der Waals surface area contributed by atoms with Crippen molar-refractivity contribution in [2.45, 2.75) is 18.8 Å². The second-order valence-electron chi connectivity index (χ2n) is 6.82. The van der Waals surface area contributed by atoms with Gasteiger partial charge in [-0.1, -0.05) is 29.8 Å². The quantitative estimate of drug-likeness (QED) is 0.697. The fourth-order valence-corrected chi connectivity index (χ4v) is 3.54. The van der Waals surface area contributed by atoms with Crippen molar-refractivity contribution in [1.82, 2.24) is 9.97 Å². The van der Waals surface area contributed by atoms with Gasteiger partial charge in [-0.15, -0.1) is 0 Å². The van der Waals surface area contributed by atoms with Crippen molar-refractivity contribution in [1.29, 1.82) is 0 Å². The third-order valence-corrected chi connectivity index (χ3v) is 5.19. The average Bonchev–Trinajstić information content (AvgIpc) is 2.74. The van der Waals surface area contributed by atoms with Crippen LogP contribution in [0.4, 0.5) is 5.95 Å². The molecule has 2 aromatic carbocycles. The minimum absolute atomic E-state index is 0.00290. The molecule has 0 fully saturated rings. The molecule has 3 aromatic rings. The fraction of sp³-hybridized carbons (Fsp3) is 0.182. The van der Waals surface area contributed by atoms with Gasteiger partial charge >= 0.3 is 0 Å². The van der Waals surface area contributed by atoms with Gasteiger partial charge in [0, 0.05) is 23.2 Å². The minimum Gasteiger partial charge on any atom is -0.497 e. The predicted molar refractivity (Wildman–Crippen MR) is 110 cm³/mol. The third-order valence-electron chi connectivity index (χ3n) is 4.94. The lowest BCUT2D eigenvalue weighted by molar-refractivity contribution is 0.0962. The molecule has 146 valence electrons. The molecule has 1 N–H and O–H groups in total. The Kier molecular flexibility index (Phi) is 5.27. The highest BCUT2D eigenvalue weighted by molar-refractivity contribution is 6.30. The topological polar surface area (TPSA) is 81.2 Å². The monoisotopic (exact) mass is 407 g/mol. The summed E-state index contributed by atoms with van der Waals surface area (Å²) in [6.45, 7) is 0. The van der Waals surface area contributed by atoms with Crippen molar-refractivity contribution in [2.24, 2.45) is 0 Å². The average molecular weight is 408 g/mol. The number of methoxy groups -OCH3 is 1. The smallest absolute Gasteiger partial charge is 0.258 e. The van der Waals surface area contributed by atoms with Crippen LogP contribution >= 0.6 is 11.6 Å². The number of ketones is 1. The van der Waals surface area contributed by atoms with Gasteiger partial charge < -0.3 is 4.74 Å². The molecule has 0 radical (unpaired) electrons. The Morgan fingerprint density at radius 3 is 2.72 bits per heavy atom. The molecule has 1 amide bonds. The maximum atomic E-state index is 12.6. The SMILES string of the molecule is COc1cccc(C(=O)Nc2ncc3c(n2)CC(c2ccc(Cl)cc2)CC3=O)c1. The van der Waals surface area contributed by atoms with E-state index in [1.54, 1.807) is 24.3 Å². The molecule has 0 saturated heterocycles. The fourth-order valence-electron chi connectivity index (χ4n) is 3.41. The number of fused-ring (bicyclic) bond motifs is 1. The molecule has 1 aliphatic carbocycles. The molecule has 29 heavy (non-hydrogen) atoms. The Balaban J connectivity index is 1.56. The summed E-state index contributed by atoms with van der Waals surface area (Å²) in [6.07, 6.45) is 2.48. The molecule has 1 aliphatic rings. The van der Waals surface area contributed by atoms with E-state index in [4.69, 9.17) is 16.3 Å². The highest BCUT2D eigenvalue weighted by Crippen LogP contribution is 2.32. The van der Waals surface area contributed by atoms with Crippen LogP contribution in [-0.4, -0.2) is 28.8 Å². The van der Waals surface area contributed by atoms with Gasteiger partial charge in [0.25, 0.3) is 5.91 Å². The maximum Gasteiger partial charge on any atom is 0.258 e. The first-order valence-corrected chi connectivity index (χ1v) is 9.51. The number of carbonyl (C=O) groups excluding carboxylic acids is 2. The molecule has 0 spiro atoms. The summed E-state index contributed by atoms with van der Waals surface area (Å²) in [5, 5.41) is 3.34. The second kappa shape index (κ2) is 8.01. The van der Waals surface area contributed by atoms with Gasteiger partial charge in [0.15, 0.2) is 5.78 Å². The van der Waals surface area contributed by atoms with Gasteiger partial charge in [-0.05, 0) is 48.2 Å². The van der Waals surface area contributed by atoms with Crippen LogP contribution in [0.25, 0.3) is 0 Å². The number of anilines is 1. The van der Waals surface area contributed by atoms with E-state index < -0.39 is 0 Å². The van der Waals surface area contributed by atoms with Gasteiger partial charge in [-0.2, -0.15) is 0 Å². The van der Waals surface area contributed by atoms with Crippen molar-refractivity contribution in [3.05, 3.63) is 82.1 Å². The Morgan fingerprint density at radius 1 is 1.17 bits per heavy atom. The number of amides is 1. The van der Waals surface area contributed by atoms with E-state index in [1.807, 2.05) is 24.3 Å². The molecule has 1 atom stereocenters. The number of halogens is 1. The number of benzene rings is 2. The molecule has 4 rings (SSSR count). The lowest BCUT2D eigenvalue weighted by Gasteiger charge is -2.23. The summed E-state index contributed by atoms with van der Waals surface area (Å²) < 4.78 is 5.15. The standard InChI is InChI=1S/C22H18ClN3O3/c1-29-17-4-2-3-14(9-17)21(28)26-22-24-12-18-19(25-22)10-15(11-20(18)27)13-5-7-16(23)8-6-13/h2-9,12,15H,10-11H2,1H3,(H,24,25,26,28). The van der Waals surface area contributed by atoms with E-state index >= 15 is 0 Å². The Labute approximate surface area is 172 Å². The van der Waals surface area contributed by atoms with E-state index in [0.29, 0.717) is 40.4 Å². The van der Waals surface area contributed by atoms with Crippen molar-refractivity contribution in [3.8, 4) is 5.75 Å². The molecular formula is C22H18ClN3O3. The third kappa shape index (κ3) is 4.12. The number of carbonyl (C=O) groups is 2. The normalized spacial score (nSPS) is 15.5. The first-order valence-electron chi connectivity index (χ1n) is 9.13. The van der Waals surface area contributed by atoms with Crippen LogP contribution in [0.15, 0.2) is 54.7 Å². The Hall–Kier alpha value is -3.25. The zero-order chi connectivity index (χ0) is 20.4. The van der Waals surface area contributed by atoms with E-state index in [-0.39, 0.29) is 23.6 Å². The predicted octanol–water partition coefficient (Wildman–Crippen LogP) is 4.30. The highest BCUT2D eigenvalue weighted by Gasteiger charge is 2.28. The Morgan fingerprint density at radius 2 is 1.97 bits per heavy atom. The first kappa shape index (κ1) is 19.1. The summed E-state index contributed by atoms with van der Waals surface area (Å²) in [4.78, 5) is 33.7. The summed E-state index contributed by atoms with van der Waals surface area (Å²) in [6, 6.07) is 14.3. The van der Waals surface area contributed by atoms with Crippen molar-refractivity contribution in [3.63, 3.8) is 0 Å². The highest BCUT2D eigenvalue weighted by atomic mass is 35.5. The summed E-state index contributed by atoms with van der Waals surface area (Å²) in [5.74, 6) is 0.419. The molecule has 0 aliphatic heterocycles. The molecule has 1 unspecified atom stereocenters. The van der Waals surface area contributed by atoms with Gasteiger partial charge in [0.05, 0.1) is 18.4 Å². The summed E-state index contributed by atoms with van der Waals surface area (Å²) in [7, 11) is 1.54. The molecule has 6 nitrogen and oxygen atoms in total. The molecular weight excluding hydrogens is 390 g/mol. The van der Waals surface area contributed by atoms with Crippen LogP contribution in [0.2, 0.25) is 5.02 Å². The molecule has 1 aromatic heterocycles. The molecule has 0 saturated carbocycles. The van der Waals surface area contributed by atoms with Crippen molar-refractivity contribution in [2.75, 3.05) is 12.4 Å². The number of nitrogens with zero attached hydrogens (tertiary/aromatic N) is 2. The second-order valence-corrected chi connectivity index (χ2v) is 7.26. The van der Waals surface area contributed by atoms with Crippen molar-refractivity contribution < 1.29 is 14.3 Å². The summed E-state index contributed by atoms with van der Waals surface area (Å²) >= 11 is 5.96.